The molecule has 0 radical (unpaired) electrons. The summed E-state index contributed by atoms with van der Waals surface area (Å²) in [5, 5.41) is 1.92. The predicted octanol–water partition coefficient (Wildman–Crippen LogP) is 1.40. The molecule has 3 rings (SSSR count). The van der Waals surface area contributed by atoms with Crippen LogP contribution in [0.25, 0.3) is 4.96 Å². The van der Waals surface area contributed by atoms with Crippen molar-refractivity contribution < 1.29 is 8.42 Å². The van der Waals surface area contributed by atoms with E-state index < -0.39 is 10.0 Å². The maximum Gasteiger partial charge on any atom is 0.262 e. The highest BCUT2D eigenvalue weighted by Crippen LogP contribution is 2.30. The zero-order valence-electron chi connectivity index (χ0n) is 10.6. The van der Waals surface area contributed by atoms with Crippen LogP contribution in [-0.2, 0) is 10.0 Å². The first-order valence-corrected chi connectivity index (χ1v) is 8.57. The van der Waals surface area contributed by atoms with Crippen molar-refractivity contribution in [1.82, 2.24) is 13.7 Å². The Labute approximate surface area is 115 Å². The van der Waals surface area contributed by atoms with E-state index in [1.54, 1.807) is 16.0 Å². The molecule has 1 fully saturated rings. The van der Waals surface area contributed by atoms with E-state index in [0.29, 0.717) is 24.0 Å². The van der Waals surface area contributed by atoms with Gasteiger partial charge in [0.2, 0.25) is 0 Å². The number of nitrogens with two attached hydrogens (primary N) is 1. The standard InChI is InChI=1S/C11H16N4O2S2/c1-2-8-3-4-14(7-8)19(16,17)10-9(12)13-11-15(10)5-6-18-11/h5-6,8H,2-4,7,12H2,1H3. The molecule has 1 saturated heterocycles. The second kappa shape index (κ2) is 4.46. The Morgan fingerprint density at radius 2 is 2.37 bits per heavy atom. The van der Waals surface area contributed by atoms with Gasteiger partial charge in [-0.05, 0) is 12.3 Å². The zero-order valence-corrected chi connectivity index (χ0v) is 12.2. The van der Waals surface area contributed by atoms with Crippen LogP contribution in [0, 0.1) is 5.92 Å². The Morgan fingerprint density at radius 1 is 1.58 bits per heavy atom. The molecule has 0 saturated carbocycles. The average Bonchev–Trinajstić information content (AvgIpc) is 3.01. The largest absolute Gasteiger partial charge is 0.381 e. The van der Waals surface area contributed by atoms with E-state index in [2.05, 4.69) is 11.9 Å². The van der Waals surface area contributed by atoms with Crippen LogP contribution < -0.4 is 5.73 Å². The van der Waals surface area contributed by atoms with E-state index in [-0.39, 0.29) is 10.8 Å². The normalized spacial score (nSPS) is 21.4. The van der Waals surface area contributed by atoms with E-state index in [0.717, 1.165) is 12.8 Å². The molecule has 2 N–H and O–H groups in total. The van der Waals surface area contributed by atoms with Crippen LogP contribution in [-0.4, -0.2) is 35.2 Å². The highest BCUT2D eigenvalue weighted by Gasteiger charge is 2.35. The third-order valence-corrected chi connectivity index (χ3v) is 6.32. The van der Waals surface area contributed by atoms with Gasteiger partial charge in [-0.15, -0.1) is 11.3 Å². The Kier molecular flexibility index (Phi) is 3.03. The summed E-state index contributed by atoms with van der Waals surface area (Å²) in [4.78, 5) is 4.72. The second-order valence-electron chi connectivity index (χ2n) is 4.78. The number of hydrogen-bond donors (Lipinski definition) is 1. The van der Waals surface area contributed by atoms with Gasteiger partial charge in [-0.3, -0.25) is 4.40 Å². The molecular weight excluding hydrogens is 284 g/mol. The fourth-order valence-electron chi connectivity index (χ4n) is 2.51. The molecule has 0 amide bonds. The van der Waals surface area contributed by atoms with E-state index in [1.807, 2.05) is 0 Å². The van der Waals surface area contributed by atoms with Crippen LogP contribution >= 0.6 is 11.3 Å². The van der Waals surface area contributed by atoms with Gasteiger partial charge in [0.05, 0.1) is 0 Å². The maximum atomic E-state index is 12.7. The van der Waals surface area contributed by atoms with Gasteiger partial charge in [0.1, 0.15) is 0 Å². The molecule has 0 bridgehead atoms. The highest BCUT2D eigenvalue weighted by atomic mass is 32.2. The Hall–Kier alpha value is -1.12. The molecule has 1 atom stereocenters. The van der Waals surface area contributed by atoms with Crippen LogP contribution in [0.15, 0.2) is 16.6 Å². The van der Waals surface area contributed by atoms with Gasteiger partial charge in [-0.25, -0.2) is 13.4 Å². The minimum Gasteiger partial charge on any atom is -0.381 e. The van der Waals surface area contributed by atoms with Crippen molar-refractivity contribution >= 4 is 32.1 Å². The number of sulfonamides is 1. The number of hydrogen-bond acceptors (Lipinski definition) is 5. The Balaban J connectivity index is 2.05. The molecule has 8 heteroatoms. The predicted molar refractivity (Wildman–Crippen MR) is 74.6 cm³/mol. The molecule has 19 heavy (non-hydrogen) atoms. The maximum absolute atomic E-state index is 12.7. The van der Waals surface area contributed by atoms with Crippen LogP contribution in [0.2, 0.25) is 0 Å². The SMILES string of the molecule is CCC1CCN(S(=O)(=O)c2c(N)nc3sccn23)C1. The van der Waals surface area contributed by atoms with Gasteiger partial charge in [-0.1, -0.05) is 13.3 Å². The number of anilines is 1. The third-order valence-electron chi connectivity index (χ3n) is 3.65. The summed E-state index contributed by atoms with van der Waals surface area (Å²) in [6.45, 7) is 3.23. The fraction of sp³-hybridized carbons (Fsp3) is 0.545. The van der Waals surface area contributed by atoms with Crippen molar-refractivity contribution in [1.29, 1.82) is 0 Å². The molecule has 0 aliphatic carbocycles. The summed E-state index contributed by atoms with van der Waals surface area (Å²) in [5.41, 5.74) is 5.79. The molecule has 0 aromatic carbocycles. The summed E-state index contributed by atoms with van der Waals surface area (Å²) in [7, 11) is -3.55. The summed E-state index contributed by atoms with van der Waals surface area (Å²) in [6, 6.07) is 0. The zero-order chi connectivity index (χ0) is 13.6. The first kappa shape index (κ1) is 12.9. The smallest absolute Gasteiger partial charge is 0.262 e. The molecular formula is C11H16N4O2S2. The van der Waals surface area contributed by atoms with E-state index in [9.17, 15) is 8.42 Å². The van der Waals surface area contributed by atoms with Gasteiger partial charge in [-0.2, -0.15) is 4.31 Å². The highest BCUT2D eigenvalue weighted by molar-refractivity contribution is 7.89. The van der Waals surface area contributed by atoms with E-state index in [1.165, 1.54) is 15.6 Å². The van der Waals surface area contributed by atoms with Crippen LogP contribution in [0.4, 0.5) is 5.82 Å². The summed E-state index contributed by atoms with van der Waals surface area (Å²) in [5.74, 6) is 0.536. The molecule has 6 nitrogen and oxygen atoms in total. The molecule has 1 aliphatic heterocycles. The number of nitrogen functional groups attached to an aromatic ring is 1. The number of fused-ring (bicyclic) bond motifs is 1. The molecule has 3 heterocycles. The quantitative estimate of drug-likeness (QED) is 0.929. The second-order valence-corrected chi connectivity index (χ2v) is 7.51. The monoisotopic (exact) mass is 300 g/mol. The van der Waals surface area contributed by atoms with E-state index in [4.69, 9.17) is 5.73 Å². The summed E-state index contributed by atoms with van der Waals surface area (Å²) < 4.78 is 28.4. The third kappa shape index (κ3) is 1.94. The molecule has 2 aromatic rings. The van der Waals surface area contributed by atoms with Gasteiger partial charge < -0.3 is 5.73 Å². The lowest BCUT2D eigenvalue weighted by Gasteiger charge is -2.15. The fourth-order valence-corrected chi connectivity index (χ4v) is 4.99. The molecule has 1 aliphatic rings. The van der Waals surface area contributed by atoms with Crippen molar-refractivity contribution in [3.8, 4) is 0 Å². The lowest BCUT2D eigenvalue weighted by molar-refractivity contribution is 0.450. The number of nitrogens with zero attached hydrogens (tertiary/aromatic N) is 3. The van der Waals surface area contributed by atoms with Crippen molar-refractivity contribution in [3.05, 3.63) is 11.6 Å². The van der Waals surface area contributed by atoms with Crippen molar-refractivity contribution in [2.24, 2.45) is 5.92 Å². The topological polar surface area (TPSA) is 80.7 Å². The lowest BCUT2D eigenvalue weighted by atomic mass is 10.1. The minimum atomic E-state index is -3.55. The number of thiazole rings is 1. The lowest BCUT2D eigenvalue weighted by Crippen LogP contribution is -2.30. The van der Waals surface area contributed by atoms with Gasteiger partial charge in [0.15, 0.2) is 15.8 Å². The van der Waals surface area contributed by atoms with E-state index >= 15 is 0 Å². The van der Waals surface area contributed by atoms with Crippen molar-refractivity contribution in [2.45, 2.75) is 24.8 Å². The Bertz CT molecular complexity index is 703. The number of rotatable bonds is 3. The van der Waals surface area contributed by atoms with Crippen LogP contribution in [0.1, 0.15) is 19.8 Å². The first-order valence-electron chi connectivity index (χ1n) is 6.25. The molecule has 104 valence electrons. The number of aromatic nitrogens is 2. The summed E-state index contributed by atoms with van der Waals surface area (Å²) >= 11 is 1.37. The van der Waals surface area contributed by atoms with Gasteiger partial charge in [0.25, 0.3) is 10.0 Å². The minimum absolute atomic E-state index is 0.0896. The average molecular weight is 300 g/mol. The van der Waals surface area contributed by atoms with Crippen LogP contribution in [0.5, 0.6) is 0 Å². The molecule has 1 unspecified atom stereocenters. The van der Waals surface area contributed by atoms with Crippen LogP contribution in [0.3, 0.4) is 0 Å². The number of imidazole rings is 1. The summed E-state index contributed by atoms with van der Waals surface area (Å²) in [6.07, 6.45) is 3.62. The molecule has 2 aromatic heterocycles. The van der Waals surface area contributed by atoms with Crippen molar-refractivity contribution in [3.63, 3.8) is 0 Å². The Morgan fingerprint density at radius 3 is 3.05 bits per heavy atom. The van der Waals surface area contributed by atoms with Gasteiger partial charge >= 0.3 is 0 Å². The molecule has 0 spiro atoms. The first-order chi connectivity index (χ1) is 9.04. The van der Waals surface area contributed by atoms with Crippen molar-refractivity contribution in [2.75, 3.05) is 18.8 Å². The van der Waals surface area contributed by atoms with Gasteiger partial charge in [0, 0.05) is 24.7 Å².